The largest absolute Gasteiger partial charge is 0.457 e. The van der Waals surface area contributed by atoms with Gasteiger partial charge in [0.15, 0.2) is 0 Å². The summed E-state index contributed by atoms with van der Waals surface area (Å²) in [6.45, 7) is 5.73. The van der Waals surface area contributed by atoms with Crippen LogP contribution in [0, 0.1) is 20.8 Å². The summed E-state index contributed by atoms with van der Waals surface area (Å²) >= 11 is 6.99. The Morgan fingerprint density at radius 1 is 0.368 bits per heavy atom. The monoisotopic (exact) mass is 924 g/mol. The molecular formula is C45H34Br2O8S2. The minimum absolute atomic E-state index is 0.125. The maximum Gasteiger partial charge on any atom is 0.206 e. The molecule has 57 heavy (non-hydrogen) atoms. The maximum absolute atomic E-state index is 13.4. The van der Waals surface area contributed by atoms with Gasteiger partial charge in [-0.3, -0.25) is 0 Å². The van der Waals surface area contributed by atoms with Crippen molar-refractivity contribution in [2.75, 3.05) is 0 Å². The topological polar surface area (TPSA) is 105 Å². The van der Waals surface area contributed by atoms with E-state index in [1.165, 1.54) is 48.5 Å². The Morgan fingerprint density at radius 3 is 1.04 bits per heavy atom. The molecule has 288 valence electrons. The van der Waals surface area contributed by atoms with E-state index in [0.717, 1.165) is 25.6 Å². The zero-order valence-electron chi connectivity index (χ0n) is 30.8. The van der Waals surface area contributed by atoms with E-state index in [2.05, 4.69) is 31.9 Å². The first-order valence-corrected chi connectivity index (χ1v) is 22.1. The van der Waals surface area contributed by atoms with Gasteiger partial charge < -0.3 is 18.9 Å². The molecule has 0 saturated heterocycles. The molecule has 0 spiro atoms. The number of ether oxygens (including phenoxy) is 4. The molecular weight excluding hydrogens is 892 g/mol. The van der Waals surface area contributed by atoms with Crippen molar-refractivity contribution < 1.29 is 35.8 Å². The SMILES string of the molecule is Cc1cc(Oc2ccc(S(=O)(=O)c3ccc(Oc4cccc(Br)c4C)cc3)cc2)ccc1Oc1ccc(S(=O)(=O)c2ccc(Oc3cccc(Br)c3C)cc2)cc1. The number of hydrogen-bond donors (Lipinski definition) is 0. The first-order chi connectivity index (χ1) is 27.3. The highest BCUT2D eigenvalue weighted by atomic mass is 79.9. The molecule has 7 rings (SSSR count). The molecule has 0 N–H and O–H groups in total. The van der Waals surface area contributed by atoms with Gasteiger partial charge in [0.05, 0.1) is 19.6 Å². The van der Waals surface area contributed by atoms with Gasteiger partial charge in [0.1, 0.15) is 46.0 Å². The number of aryl methyl sites for hydroxylation is 1. The van der Waals surface area contributed by atoms with E-state index in [0.29, 0.717) is 46.0 Å². The van der Waals surface area contributed by atoms with Gasteiger partial charge in [-0.15, -0.1) is 0 Å². The highest BCUT2D eigenvalue weighted by molar-refractivity contribution is 9.10. The van der Waals surface area contributed by atoms with Crippen LogP contribution in [0.3, 0.4) is 0 Å². The summed E-state index contributed by atoms with van der Waals surface area (Å²) in [6, 6.07) is 41.6. The molecule has 0 fully saturated rings. The second-order valence-electron chi connectivity index (χ2n) is 13.0. The van der Waals surface area contributed by atoms with Crippen LogP contribution in [0.5, 0.6) is 46.0 Å². The van der Waals surface area contributed by atoms with E-state index in [9.17, 15) is 16.8 Å². The molecule has 0 aliphatic heterocycles. The number of hydrogen-bond acceptors (Lipinski definition) is 8. The van der Waals surface area contributed by atoms with Crippen LogP contribution < -0.4 is 18.9 Å². The van der Waals surface area contributed by atoms with Gasteiger partial charge in [0, 0.05) is 20.1 Å². The Bertz CT molecular complexity index is 2790. The standard InChI is InChI=1S/C45H34Br2O8S2/c1-29-28-36(52-32-10-19-37(20-11-32)56(48,49)39-23-14-34(15-24-39)54-44-8-4-6-41(46)30(44)2)18-27-43(29)53-33-12-21-38(22-13-33)57(50,51)40-25-16-35(17-26-40)55-45-9-5-7-42(47)31(45)3/h4-28H,1-3H3. The third-order valence-corrected chi connectivity index (χ3v) is 14.3. The van der Waals surface area contributed by atoms with Crippen molar-refractivity contribution in [1.29, 1.82) is 0 Å². The summed E-state index contributed by atoms with van der Waals surface area (Å²) in [5.74, 6) is 4.37. The minimum atomic E-state index is -3.79. The van der Waals surface area contributed by atoms with Crippen LogP contribution in [0.2, 0.25) is 0 Å². The maximum atomic E-state index is 13.4. The lowest BCUT2D eigenvalue weighted by Gasteiger charge is -2.13. The Balaban J connectivity index is 0.960. The molecule has 0 atom stereocenters. The summed E-state index contributed by atoms with van der Waals surface area (Å²) in [5.41, 5.74) is 2.65. The number of rotatable bonds is 12. The number of sulfone groups is 2. The van der Waals surface area contributed by atoms with Crippen LogP contribution in [-0.2, 0) is 19.7 Å². The highest BCUT2D eigenvalue weighted by Crippen LogP contribution is 2.35. The summed E-state index contributed by atoms with van der Waals surface area (Å²) in [4.78, 5) is 0.530. The van der Waals surface area contributed by atoms with Crippen LogP contribution in [-0.4, -0.2) is 16.8 Å². The summed E-state index contributed by atoms with van der Waals surface area (Å²) in [6.07, 6.45) is 0. The summed E-state index contributed by atoms with van der Waals surface area (Å²) < 4.78 is 79.4. The predicted molar refractivity (Wildman–Crippen MR) is 226 cm³/mol. The highest BCUT2D eigenvalue weighted by Gasteiger charge is 2.20. The number of benzene rings is 7. The van der Waals surface area contributed by atoms with Crippen LogP contribution in [0.4, 0.5) is 0 Å². The van der Waals surface area contributed by atoms with E-state index >= 15 is 0 Å². The zero-order chi connectivity index (χ0) is 40.3. The normalized spacial score (nSPS) is 11.5. The summed E-state index contributed by atoms with van der Waals surface area (Å²) in [5, 5.41) is 0. The van der Waals surface area contributed by atoms with Gasteiger partial charge >= 0.3 is 0 Å². The Labute approximate surface area is 348 Å². The van der Waals surface area contributed by atoms with Crippen LogP contribution in [0.25, 0.3) is 0 Å². The third kappa shape index (κ3) is 8.94. The smallest absolute Gasteiger partial charge is 0.206 e. The first kappa shape index (κ1) is 39.8. The van der Waals surface area contributed by atoms with Gasteiger partial charge in [-0.1, -0.05) is 44.0 Å². The molecule has 0 heterocycles. The molecule has 0 aromatic heterocycles. The van der Waals surface area contributed by atoms with Crippen molar-refractivity contribution >= 4 is 51.5 Å². The second-order valence-corrected chi connectivity index (χ2v) is 18.6. The van der Waals surface area contributed by atoms with Gasteiger partial charge in [-0.05, 0) is 166 Å². The predicted octanol–water partition coefficient (Wildman–Crippen LogP) is 13.0. The fourth-order valence-corrected chi connectivity index (χ4v) is 8.95. The fraction of sp³-hybridized carbons (Fsp3) is 0.0667. The lowest BCUT2D eigenvalue weighted by molar-refractivity contribution is 0.465. The fourth-order valence-electron chi connectivity index (χ4n) is 5.73. The average molecular weight is 927 g/mol. The van der Waals surface area contributed by atoms with Gasteiger partial charge in [0.25, 0.3) is 0 Å². The molecule has 12 heteroatoms. The molecule has 0 aliphatic rings. The average Bonchev–Trinajstić information content (AvgIpc) is 3.20. The van der Waals surface area contributed by atoms with E-state index in [4.69, 9.17) is 18.9 Å². The molecule has 7 aromatic carbocycles. The van der Waals surface area contributed by atoms with Crippen molar-refractivity contribution in [3.8, 4) is 46.0 Å². The van der Waals surface area contributed by atoms with E-state index in [1.807, 2.05) is 57.2 Å². The van der Waals surface area contributed by atoms with Crippen LogP contribution in [0.15, 0.2) is 180 Å². The molecule has 0 radical (unpaired) electrons. The van der Waals surface area contributed by atoms with Crippen molar-refractivity contribution in [3.05, 3.63) is 177 Å². The summed E-state index contributed by atoms with van der Waals surface area (Å²) in [7, 11) is -7.58. The van der Waals surface area contributed by atoms with Crippen molar-refractivity contribution in [1.82, 2.24) is 0 Å². The van der Waals surface area contributed by atoms with Gasteiger partial charge in [0.2, 0.25) is 19.7 Å². The molecule has 0 unspecified atom stereocenters. The molecule has 0 amide bonds. The lowest BCUT2D eigenvalue weighted by atomic mass is 10.2. The van der Waals surface area contributed by atoms with Crippen LogP contribution >= 0.6 is 31.9 Å². The first-order valence-electron chi connectivity index (χ1n) is 17.5. The Morgan fingerprint density at radius 2 is 0.684 bits per heavy atom. The van der Waals surface area contributed by atoms with Gasteiger partial charge in [-0.2, -0.15) is 0 Å². The van der Waals surface area contributed by atoms with Crippen molar-refractivity contribution in [2.24, 2.45) is 0 Å². The van der Waals surface area contributed by atoms with Crippen LogP contribution in [0.1, 0.15) is 16.7 Å². The van der Waals surface area contributed by atoms with E-state index in [1.54, 1.807) is 66.7 Å². The molecule has 0 saturated carbocycles. The Kier molecular flexibility index (Phi) is 11.6. The third-order valence-electron chi connectivity index (χ3n) is 9.04. The van der Waals surface area contributed by atoms with Crippen molar-refractivity contribution in [2.45, 2.75) is 40.4 Å². The number of halogens is 2. The van der Waals surface area contributed by atoms with Gasteiger partial charge in [-0.25, -0.2) is 16.8 Å². The quantitative estimate of drug-likeness (QED) is 0.119. The zero-order valence-corrected chi connectivity index (χ0v) is 35.6. The lowest BCUT2D eigenvalue weighted by Crippen LogP contribution is -2.02. The molecule has 0 bridgehead atoms. The molecule has 0 aliphatic carbocycles. The molecule has 7 aromatic rings. The molecule has 8 nitrogen and oxygen atoms in total. The second kappa shape index (κ2) is 16.6. The van der Waals surface area contributed by atoms with E-state index < -0.39 is 19.7 Å². The van der Waals surface area contributed by atoms with E-state index in [-0.39, 0.29) is 19.6 Å². The Hall–Kier alpha value is -5.40. The minimum Gasteiger partial charge on any atom is -0.457 e. The van der Waals surface area contributed by atoms with Crippen molar-refractivity contribution in [3.63, 3.8) is 0 Å².